The Labute approximate surface area is 320 Å². The minimum atomic E-state index is -0.853. The molecule has 0 N–H and O–H groups in total. The monoisotopic (exact) mass is 725 g/mol. The van der Waals surface area contributed by atoms with Crippen LogP contribution in [0.2, 0.25) is 0 Å². The van der Waals surface area contributed by atoms with Gasteiger partial charge in [0, 0.05) is 141 Å². The van der Waals surface area contributed by atoms with Gasteiger partial charge >= 0.3 is 0 Å². The zero-order valence-electron chi connectivity index (χ0n) is 27.9. The number of fused-ring (bicyclic) bond motifs is 2. The molecule has 0 spiro atoms. The molecule has 25 heteroatoms. The van der Waals surface area contributed by atoms with Crippen LogP contribution >= 0.6 is 0 Å². The first-order chi connectivity index (χ1) is 22.0. The van der Waals surface area contributed by atoms with E-state index in [2.05, 4.69) is 14.1 Å². The molecule has 0 aromatic heterocycles. The largest absolute Gasteiger partial charge is 1.00 e. The number of halogens is 2. The molecular weight excluding hydrogens is 695 g/mol. The summed E-state index contributed by atoms with van der Waals surface area (Å²) < 4.78 is 30.8. The number of benzene rings is 2. The van der Waals surface area contributed by atoms with Gasteiger partial charge in [-0.05, 0) is 35.7 Å². The van der Waals surface area contributed by atoms with Gasteiger partial charge in [-0.3, -0.25) is 4.79 Å². The molecule has 2 heterocycles. The lowest BCUT2D eigenvalue weighted by Gasteiger charge is -2.43. The van der Waals surface area contributed by atoms with Crippen LogP contribution in [0.1, 0.15) is 35.6 Å². The van der Waals surface area contributed by atoms with Crippen LogP contribution in [0.4, 0.5) is 4.39 Å². The van der Waals surface area contributed by atoms with Crippen molar-refractivity contribution >= 4 is 134 Å². The van der Waals surface area contributed by atoms with E-state index < -0.39 is 51.1 Å². The highest BCUT2D eigenvalue weighted by atomic mass is 127. The number of quaternary nitrogens is 1. The van der Waals surface area contributed by atoms with Gasteiger partial charge in [-0.2, -0.15) is 0 Å². The van der Waals surface area contributed by atoms with Crippen molar-refractivity contribution < 1.29 is 51.9 Å². The van der Waals surface area contributed by atoms with Crippen molar-refractivity contribution in [3.63, 3.8) is 0 Å². The Morgan fingerprint density at radius 3 is 1.88 bits per heavy atom. The van der Waals surface area contributed by atoms with Crippen LogP contribution in [-0.2, 0) is 17.6 Å². The third-order valence-electron chi connectivity index (χ3n) is 9.22. The van der Waals surface area contributed by atoms with E-state index >= 15 is 0 Å². The zero-order chi connectivity index (χ0) is 35.2. The third kappa shape index (κ3) is 10.9. The van der Waals surface area contributed by atoms with Crippen molar-refractivity contribution in [2.45, 2.75) is 31.7 Å². The second-order valence-electron chi connectivity index (χ2n) is 13.0. The van der Waals surface area contributed by atoms with E-state index in [1.54, 1.807) is 19.2 Å². The van der Waals surface area contributed by atoms with Crippen molar-refractivity contribution in [3.8, 4) is 17.2 Å². The molecule has 0 saturated heterocycles. The Bertz CT molecular complexity index is 1310. The number of rotatable bonds is 13. The minimum Gasteiger partial charge on any atom is -1.00 e. The minimum absolute atomic E-state index is 0. The first-order valence-corrected chi connectivity index (χ1v) is 15.6. The van der Waals surface area contributed by atoms with E-state index in [4.69, 9.17) is 91.6 Å². The standard InChI is InChI=1S/C23H27FNO4.B18.HI/c1-25(2)11-10-16-12-20-22(29-14-28-20)23(27-3)21(16)19(25)13-18(26)9-6-15-4-7-17(24)8-5-15;1-11(2)16(12(3)4)18(15(9)10)17(13(5)6)14(7)8;/h4-5,7-8,12,19H,6,9-11,13-14H2,1-3H3;;1H/q+1;;/p-1. The summed E-state index contributed by atoms with van der Waals surface area (Å²) in [4.78, 5) is 12.9. The molecule has 48 heavy (non-hydrogen) atoms. The highest BCUT2D eigenvalue weighted by Gasteiger charge is 2.43. The maximum absolute atomic E-state index is 13.1. The predicted molar refractivity (Wildman–Crippen MR) is 210 cm³/mol. The van der Waals surface area contributed by atoms with Gasteiger partial charge in [0.15, 0.2) is 11.5 Å². The Morgan fingerprint density at radius 1 is 0.875 bits per heavy atom. The number of hydrogen-bond acceptors (Lipinski definition) is 4. The lowest BCUT2D eigenvalue weighted by molar-refractivity contribution is -0.922. The smallest absolute Gasteiger partial charge is 0.231 e. The number of Topliss-reactive ketones (excluding diaryl/α,β-unsaturated/α-hetero) is 1. The van der Waals surface area contributed by atoms with Gasteiger partial charge in [0.1, 0.15) is 17.6 Å². The number of carbonyl (C=O) groups is 1. The van der Waals surface area contributed by atoms with Gasteiger partial charge in [-0.1, -0.05) is 12.1 Å². The molecule has 0 fully saturated rings. The van der Waals surface area contributed by atoms with E-state index in [0.717, 1.165) is 24.1 Å². The SMILES string of the molecule is COc1c2c(cc3c1C(CC(=O)CCc1ccc(F)cc1)[N+](C)(C)CC3)OCO2.[B]B([B])B(B([B])[B])B(B([B])[B])B(B([B])[B])B([B])[B].[I-]. The van der Waals surface area contributed by atoms with Crippen molar-refractivity contribution in [1.82, 2.24) is 0 Å². The Morgan fingerprint density at radius 2 is 1.40 bits per heavy atom. The number of methoxy groups -OCH3 is 1. The van der Waals surface area contributed by atoms with Crippen LogP contribution in [0.3, 0.4) is 0 Å². The maximum Gasteiger partial charge on any atom is 0.231 e. The zero-order valence-corrected chi connectivity index (χ0v) is 30.1. The number of ether oxygens (including phenoxy) is 3. The molecule has 1 atom stereocenters. The summed E-state index contributed by atoms with van der Waals surface area (Å²) in [6, 6.07) is 8.37. The van der Waals surface area contributed by atoms with Crippen LogP contribution in [0.5, 0.6) is 17.2 Å². The highest BCUT2D eigenvalue weighted by Crippen LogP contribution is 2.51. The molecule has 1 unspecified atom stereocenters. The van der Waals surface area contributed by atoms with Gasteiger partial charge in [-0.15, -0.1) is 0 Å². The molecule has 2 aromatic rings. The van der Waals surface area contributed by atoms with Crippen LogP contribution in [-0.4, -0.2) is 173 Å². The average Bonchev–Trinajstić information content (AvgIpc) is 3.45. The molecule has 0 bridgehead atoms. The first kappa shape index (κ1) is 43.5. The van der Waals surface area contributed by atoms with Crippen molar-refractivity contribution in [2.24, 2.45) is 0 Å². The number of nitrogens with zero attached hydrogens (tertiary/aromatic N) is 1. The average molecular weight is 722 g/mol. The molecular formula is C23H27B18FINO4. The quantitative estimate of drug-likeness (QED) is 0.118. The highest BCUT2D eigenvalue weighted by molar-refractivity contribution is 8.17. The molecule has 2 aromatic carbocycles. The summed E-state index contributed by atoms with van der Waals surface area (Å²) in [6.07, 6.45) is -3.66. The first-order valence-electron chi connectivity index (χ1n) is 15.6. The maximum atomic E-state index is 13.1. The molecule has 20 radical (unpaired) electrons. The molecule has 2 aliphatic rings. The number of carbonyl (C=O) groups excluding carboxylic acids is 1. The van der Waals surface area contributed by atoms with Gasteiger partial charge < -0.3 is 42.7 Å². The summed E-state index contributed by atoms with van der Waals surface area (Å²) in [5.74, 6) is 1.98. The predicted octanol–water partition coefficient (Wildman–Crippen LogP) is -6.02. The topological polar surface area (TPSA) is 44.8 Å². The fourth-order valence-electron chi connectivity index (χ4n) is 6.68. The van der Waals surface area contributed by atoms with Gasteiger partial charge in [0.05, 0.1) is 39.7 Å². The number of ketones is 1. The Hall–Kier alpha value is -0.701. The summed E-state index contributed by atoms with van der Waals surface area (Å²) in [6.45, 7) is 1.12. The second kappa shape index (κ2) is 19.2. The third-order valence-corrected chi connectivity index (χ3v) is 9.22. The van der Waals surface area contributed by atoms with Gasteiger partial charge in [0.25, 0.3) is 0 Å². The molecule has 216 valence electrons. The number of likely N-dealkylation sites (N-methyl/N-ethyl adjacent to an activating group) is 1. The fraction of sp³-hybridized carbons (Fsp3) is 0.435. The van der Waals surface area contributed by atoms with Crippen LogP contribution in [0.25, 0.3) is 0 Å². The summed E-state index contributed by atoms with van der Waals surface area (Å²) in [5, 5.41) is 0. The van der Waals surface area contributed by atoms with E-state index in [0.29, 0.717) is 41.0 Å². The molecule has 2 aliphatic heterocycles. The Kier molecular flexibility index (Phi) is 17.4. The van der Waals surface area contributed by atoms with Crippen molar-refractivity contribution in [3.05, 3.63) is 52.8 Å². The van der Waals surface area contributed by atoms with Gasteiger partial charge in [0.2, 0.25) is 12.5 Å². The summed E-state index contributed by atoms with van der Waals surface area (Å²) >= 11 is 0. The summed E-state index contributed by atoms with van der Waals surface area (Å²) in [5.41, 5.74) is 3.20. The molecule has 0 amide bonds. The lowest BCUT2D eigenvalue weighted by Crippen LogP contribution is -3.00. The van der Waals surface area contributed by atoms with Crippen LogP contribution in [0, 0.1) is 5.82 Å². The lowest BCUT2D eigenvalue weighted by atomic mass is 8.41. The van der Waals surface area contributed by atoms with E-state index in [-0.39, 0.29) is 48.4 Å². The van der Waals surface area contributed by atoms with Crippen LogP contribution < -0.4 is 38.2 Å². The molecule has 4 rings (SSSR count). The molecule has 0 saturated carbocycles. The summed E-state index contributed by atoms with van der Waals surface area (Å²) in [7, 11) is 62.7. The number of aryl methyl sites for hydroxylation is 1. The second-order valence-corrected chi connectivity index (χ2v) is 13.0. The Balaban J connectivity index is 0.000000368. The molecule has 0 aliphatic carbocycles. The van der Waals surface area contributed by atoms with Crippen molar-refractivity contribution in [1.29, 1.82) is 0 Å². The number of hydrogen-bond donors (Lipinski definition) is 0. The van der Waals surface area contributed by atoms with E-state index in [1.165, 1.54) is 17.7 Å². The normalized spacial score (nSPS) is 14.9. The van der Waals surface area contributed by atoms with E-state index in [9.17, 15) is 9.18 Å². The van der Waals surface area contributed by atoms with Gasteiger partial charge in [-0.25, -0.2) is 4.39 Å². The van der Waals surface area contributed by atoms with Crippen molar-refractivity contribution in [2.75, 3.05) is 34.5 Å². The fourth-order valence-corrected chi connectivity index (χ4v) is 6.68. The van der Waals surface area contributed by atoms with E-state index in [1.807, 2.05) is 6.07 Å². The molecule has 5 nitrogen and oxygen atoms in total. The van der Waals surface area contributed by atoms with Crippen LogP contribution in [0.15, 0.2) is 30.3 Å².